The minimum Gasteiger partial charge on any atom is -0.512 e. The molecule has 0 fully saturated rings. The van der Waals surface area contributed by atoms with Crippen molar-refractivity contribution in [1.82, 2.24) is 0 Å². The number of nitrogens with zero attached hydrogens (tertiary/aromatic N) is 4. The summed E-state index contributed by atoms with van der Waals surface area (Å²) < 4.78 is 0. The molecule has 0 aliphatic carbocycles. The van der Waals surface area contributed by atoms with Crippen LogP contribution >= 0.6 is 0 Å². The Bertz CT molecular complexity index is 65.1. The number of hydrogen-bond donors (Lipinski definition) is 0. The average molecular weight is 220 g/mol. The standard InChI is InChI=1S/4CN.K.Ni.H2O/c4*1-2;;;/h;;;;;;1H2/q4*-1;+1;+2;. The fourth-order valence-corrected chi connectivity index (χ4v) is 0. The van der Waals surface area contributed by atoms with Gasteiger partial charge in [-0.3, -0.25) is 0 Å². The molecule has 0 unspecified atom stereocenters. The van der Waals surface area contributed by atoms with Gasteiger partial charge in [-0.15, -0.1) is 0 Å². The Hall–Kier alpha value is 0.0499. The van der Waals surface area contributed by atoms with Crippen LogP contribution in [-0.4, -0.2) is 5.48 Å². The third-order valence-electron chi connectivity index (χ3n) is 0. The van der Waals surface area contributed by atoms with Crippen molar-refractivity contribution in [3.8, 4) is 0 Å². The molecule has 0 aromatic carbocycles. The molecule has 0 aliphatic rings. The van der Waals surface area contributed by atoms with Crippen LogP contribution in [0.4, 0.5) is 0 Å². The fraction of sp³-hybridized carbons (Fsp3) is 0. The molecule has 0 aromatic rings. The maximum absolute atomic E-state index is 6.25. The predicted molar refractivity (Wildman–Crippen MR) is 23.5 cm³/mol. The first kappa shape index (κ1) is 68.0. The molecule has 0 aromatic heterocycles. The fourth-order valence-electron chi connectivity index (χ4n) is 0. The molecule has 0 radical (unpaired) electrons. The Labute approximate surface area is 119 Å². The van der Waals surface area contributed by atoms with Crippen LogP contribution in [0.1, 0.15) is 0 Å². The summed E-state index contributed by atoms with van der Waals surface area (Å²) >= 11 is 0. The molecule has 0 bridgehead atoms. The minimum atomic E-state index is 0. The van der Waals surface area contributed by atoms with Gasteiger partial charge in [0.2, 0.25) is 0 Å². The van der Waals surface area contributed by atoms with E-state index in [9.17, 15) is 0 Å². The molecule has 0 spiro atoms. The predicted octanol–water partition coefficient (Wildman–Crippen LogP) is -3.44. The van der Waals surface area contributed by atoms with Gasteiger partial charge in [0.25, 0.3) is 0 Å². The molecule has 0 amide bonds. The quantitative estimate of drug-likeness (QED) is 0.310. The van der Waals surface area contributed by atoms with E-state index < -0.39 is 0 Å². The van der Waals surface area contributed by atoms with Crippen molar-refractivity contribution >= 4 is 0 Å². The van der Waals surface area contributed by atoms with Gasteiger partial charge in [0, 0.05) is 0 Å². The Balaban J connectivity index is -0.00000000356. The molecule has 0 rings (SSSR count). The smallest absolute Gasteiger partial charge is 0.512 e. The van der Waals surface area contributed by atoms with Gasteiger partial charge in [0.05, 0.1) is 0 Å². The largest absolute Gasteiger partial charge is 2.00 e. The summed E-state index contributed by atoms with van der Waals surface area (Å²) in [6.07, 6.45) is 0. The monoisotopic (exact) mass is 219 g/mol. The van der Waals surface area contributed by atoms with Crippen LogP contribution in [0.15, 0.2) is 0 Å². The molecule has 7 heteroatoms. The zero-order valence-electron chi connectivity index (χ0n) is 5.61. The van der Waals surface area contributed by atoms with Crippen LogP contribution in [0, 0.1) is 47.3 Å². The van der Waals surface area contributed by atoms with E-state index in [1.165, 1.54) is 0 Å². The van der Waals surface area contributed by atoms with Crippen molar-refractivity contribution in [3.05, 3.63) is 26.3 Å². The average Bonchev–Trinajstić information content (AvgIpc) is 2.03. The molecule has 0 heterocycles. The zero-order chi connectivity index (χ0) is 8.00. The van der Waals surface area contributed by atoms with Crippen LogP contribution in [0.5, 0.6) is 0 Å². The van der Waals surface area contributed by atoms with Gasteiger partial charge in [0.1, 0.15) is 0 Å². The summed E-state index contributed by atoms with van der Waals surface area (Å²) in [5.74, 6) is 0. The van der Waals surface area contributed by atoms with Gasteiger partial charge >= 0.3 is 67.9 Å². The molecular formula is C4H2KN4NiO-. The van der Waals surface area contributed by atoms with Gasteiger partial charge < -0.3 is 52.8 Å². The summed E-state index contributed by atoms with van der Waals surface area (Å²) in [7, 11) is 0. The molecule has 0 saturated carbocycles. The Morgan fingerprint density at radius 3 is 0.545 bits per heavy atom. The van der Waals surface area contributed by atoms with E-state index >= 15 is 0 Å². The van der Waals surface area contributed by atoms with Crippen LogP contribution in [0.3, 0.4) is 0 Å². The van der Waals surface area contributed by atoms with E-state index in [0.717, 1.165) is 0 Å². The summed E-state index contributed by atoms with van der Waals surface area (Å²) in [4.78, 5) is 0. The SMILES string of the molecule is O.[C-]#N.[C-]#N.[C-]#N.[C-]#N.[K+].[Ni+2]. The molecule has 2 N–H and O–H groups in total. The van der Waals surface area contributed by atoms with Crippen molar-refractivity contribution in [2.75, 3.05) is 0 Å². The maximum Gasteiger partial charge on any atom is 2.00 e. The zero-order valence-corrected chi connectivity index (χ0v) is 9.72. The van der Waals surface area contributed by atoms with E-state index in [1.54, 1.807) is 0 Å². The maximum atomic E-state index is 6.25. The first-order valence-electron chi connectivity index (χ1n) is 0.894. The van der Waals surface area contributed by atoms with E-state index in [-0.39, 0.29) is 73.4 Å². The first-order chi connectivity index (χ1) is 4.00. The first-order valence-corrected chi connectivity index (χ1v) is 0.894. The van der Waals surface area contributed by atoms with Gasteiger partial charge in [-0.2, -0.15) is 0 Å². The van der Waals surface area contributed by atoms with Crippen LogP contribution in [-0.2, 0) is 16.5 Å². The molecule has 0 aliphatic heterocycles. The molecule has 0 saturated heterocycles. The normalized spacial score (nSPS) is 0.727. The van der Waals surface area contributed by atoms with Gasteiger partial charge in [-0.25, -0.2) is 0 Å². The topological polar surface area (TPSA) is 127 Å². The Morgan fingerprint density at radius 1 is 0.545 bits per heavy atom. The second-order valence-electron chi connectivity index (χ2n) is 0. The van der Waals surface area contributed by atoms with Gasteiger partial charge in [-0.05, 0) is 0 Å². The number of hydrogen-bond acceptors (Lipinski definition) is 4. The molecule has 11 heavy (non-hydrogen) atoms. The second kappa shape index (κ2) is 331000. The summed E-state index contributed by atoms with van der Waals surface area (Å²) in [6.45, 7) is 19.0. The van der Waals surface area contributed by atoms with E-state index in [1.807, 2.05) is 0 Å². The van der Waals surface area contributed by atoms with Crippen molar-refractivity contribution in [2.45, 2.75) is 0 Å². The third kappa shape index (κ3) is 262000. The summed E-state index contributed by atoms with van der Waals surface area (Å²) in [5, 5.41) is 25.0. The third-order valence-corrected chi connectivity index (χ3v) is 0. The molecular weight excluding hydrogens is 218 g/mol. The second-order valence-corrected chi connectivity index (χ2v) is 0. The summed E-state index contributed by atoms with van der Waals surface area (Å²) in [5.41, 5.74) is 0. The molecule has 56 valence electrons. The van der Waals surface area contributed by atoms with Crippen LogP contribution < -0.4 is 51.4 Å². The minimum absolute atomic E-state index is 0. The van der Waals surface area contributed by atoms with Crippen LogP contribution in [0.25, 0.3) is 0 Å². The van der Waals surface area contributed by atoms with Gasteiger partial charge in [-0.1, -0.05) is 0 Å². The van der Waals surface area contributed by atoms with E-state index in [4.69, 9.17) is 47.3 Å². The molecule has 5 nitrogen and oxygen atoms in total. The van der Waals surface area contributed by atoms with Gasteiger partial charge in [0.15, 0.2) is 0 Å². The van der Waals surface area contributed by atoms with Crippen molar-refractivity contribution in [2.24, 2.45) is 0 Å². The molecule has 0 atom stereocenters. The van der Waals surface area contributed by atoms with Crippen LogP contribution in [0.2, 0.25) is 0 Å². The van der Waals surface area contributed by atoms with Crippen molar-refractivity contribution < 1.29 is 73.4 Å². The Kier molecular flexibility index (Phi) is 2050000. The van der Waals surface area contributed by atoms with E-state index in [0.29, 0.717) is 0 Å². The Morgan fingerprint density at radius 2 is 0.545 bits per heavy atom. The van der Waals surface area contributed by atoms with Crippen molar-refractivity contribution in [3.63, 3.8) is 0 Å². The summed E-state index contributed by atoms with van der Waals surface area (Å²) in [6, 6.07) is 0. The number of rotatable bonds is 0. The van der Waals surface area contributed by atoms with E-state index in [2.05, 4.69) is 0 Å². The van der Waals surface area contributed by atoms with Crippen molar-refractivity contribution in [1.29, 1.82) is 21.0 Å².